The maximum atomic E-state index is 10.5. The average molecular weight is 345 g/mol. The second kappa shape index (κ2) is 8.15. The molecule has 4 rings (SSSR count). The van der Waals surface area contributed by atoms with E-state index < -0.39 is 0 Å². The quantitative estimate of drug-likeness (QED) is 0.577. The summed E-state index contributed by atoms with van der Waals surface area (Å²) in [4.78, 5) is 0. The van der Waals surface area contributed by atoms with Gasteiger partial charge >= 0.3 is 0 Å². The summed E-state index contributed by atoms with van der Waals surface area (Å²) in [5.74, 6) is 5.34. The molecule has 0 saturated heterocycles. The summed E-state index contributed by atoms with van der Waals surface area (Å²) in [5, 5.41) is 10.5. The molecule has 3 fully saturated rings. The van der Waals surface area contributed by atoms with Gasteiger partial charge in [-0.2, -0.15) is 0 Å². The standard InChI is InChI=1S/C24H40O/c1-17-5-14-23(24(25)15-17)22-12-10-21(11-13-22)20-8-6-19(7-9-20)16-18-3-2-4-18/h12,17-21,23-25H,2-11,13-16H2,1H3. The smallest absolute Gasteiger partial charge is 0.0608 e. The first kappa shape index (κ1) is 18.1. The van der Waals surface area contributed by atoms with Crippen molar-refractivity contribution >= 4 is 0 Å². The summed E-state index contributed by atoms with van der Waals surface area (Å²) in [5.41, 5.74) is 1.62. The zero-order valence-corrected chi connectivity index (χ0v) is 16.5. The maximum Gasteiger partial charge on any atom is 0.0608 e. The molecule has 0 amide bonds. The first-order valence-electron chi connectivity index (χ1n) is 11.6. The lowest BCUT2D eigenvalue weighted by Gasteiger charge is -2.39. The molecular weight excluding hydrogens is 304 g/mol. The normalized spacial score (nSPS) is 43.4. The Kier molecular flexibility index (Phi) is 5.90. The van der Waals surface area contributed by atoms with E-state index in [1.54, 1.807) is 12.0 Å². The Morgan fingerprint density at radius 1 is 0.880 bits per heavy atom. The van der Waals surface area contributed by atoms with Crippen molar-refractivity contribution < 1.29 is 5.11 Å². The molecule has 1 nitrogen and oxygen atoms in total. The molecule has 25 heavy (non-hydrogen) atoms. The van der Waals surface area contributed by atoms with Crippen molar-refractivity contribution in [1.82, 2.24) is 0 Å². The van der Waals surface area contributed by atoms with Crippen LogP contribution in [0.25, 0.3) is 0 Å². The molecule has 142 valence electrons. The number of aliphatic hydroxyl groups is 1. The first-order chi connectivity index (χ1) is 12.2. The van der Waals surface area contributed by atoms with E-state index in [4.69, 9.17) is 0 Å². The molecule has 0 aromatic rings. The van der Waals surface area contributed by atoms with Crippen LogP contribution in [-0.4, -0.2) is 11.2 Å². The van der Waals surface area contributed by atoms with E-state index in [-0.39, 0.29) is 6.10 Å². The summed E-state index contributed by atoms with van der Waals surface area (Å²) in [6, 6.07) is 0. The second-order valence-electron chi connectivity index (χ2n) is 10.2. The van der Waals surface area contributed by atoms with Gasteiger partial charge in [0.1, 0.15) is 0 Å². The Morgan fingerprint density at radius 2 is 1.64 bits per heavy atom. The van der Waals surface area contributed by atoms with Gasteiger partial charge in [-0.25, -0.2) is 0 Å². The van der Waals surface area contributed by atoms with Crippen molar-refractivity contribution in [3.05, 3.63) is 11.6 Å². The van der Waals surface area contributed by atoms with Crippen LogP contribution in [0, 0.1) is 35.5 Å². The number of hydrogen-bond donors (Lipinski definition) is 1. The molecular formula is C24H40O. The Bertz CT molecular complexity index is 455. The lowest BCUT2D eigenvalue weighted by atomic mass is 9.67. The van der Waals surface area contributed by atoms with Gasteiger partial charge in [0.25, 0.3) is 0 Å². The highest BCUT2D eigenvalue weighted by atomic mass is 16.3. The fraction of sp³-hybridized carbons (Fsp3) is 0.917. The summed E-state index contributed by atoms with van der Waals surface area (Å²) in [6.45, 7) is 2.30. The summed E-state index contributed by atoms with van der Waals surface area (Å²) >= 11 is 0. The summed E-state index contributed by atoms with van der Waals surface area (Å²) in [6.07, 6.45) is 22.2. The van der Waals surface area contributed by atoms with Gasteiger partial charge in [-0.3, -0.25) is 0 Å². The molecule has 0 aromatic heterocycles. The van der Waals surface area contributed by atoms with Gasteiger partial charge in [0.2, 0.25) is 0 Å². The predicted molar refractivity (Wildman–Crippen MR) is 105 cm³/mol. The summed E-state index contributed by atoms with van der Waals surface area (Å²) < 4.78 is 0. The first-order valence-corrected chi connectivity index (χ1v) is 11.6. The highest BCUT2D eigenvalue weighted by Gasteiger charge is 2.34. The van der Waals surface area contributed by atoms with E-state index in [1.807, 2.05) is 0 Å². The molecule has 1 N–H and O–H groups in total. The molecule has 4 aliphatic rings. The van der Waals surface area contributed by atoms with E-state index in [9.17, 15) is 5.11 Å². The topological polar surface area (TPSA) is 20.2 Å². The molecule has 0 radical (unpaired) electrons. The van der Waals surface area contributed by atoms with Crippen LogP contribution in [0.5, 0.6) is 0 Å². The number of rotatable bonds is 4. The van der Waals surface area contributed by atoms with E-state index in [1.165, 1.54) is 77.0 Å². The largest absolute Gasteiger partial charge is 0.392 e. The van der Waals surface area contributed by atoms with Crippen molar-refractivity contribution in [2.24, 2.45) is 35.5 Å². The zero-order valence-electron chi connectivity index (χ0n) is 16.5. The van der Waals surface area contributed by atoms with E-state index in [0.29, 0.717) is 5.92 Å². The van der Waals surface area contributed by atoms with Gasteiger partial charge in [0, 0.05) is 5.92 Å². The van der Waals surface area contributed by atoms with Gasteiger partial charge in [-0.15, -0.1) is 0 Å². The highest BCUT2D eigenvalue weighted by molar-refractivity contribution is 5.14. The lowest BCUT2D eigenvalue weighted by Crippen LogP contribution is -2.31. The van der Waals surface area contributed by atoms with Crippen molar-refractivity contribution in [1.29, 1.82) is 0 Å². The number of hydrogen-bond acceptors (Lipinski definition) is 1. The van der Waals surface area contributed by atoms with Crippen LogP contribution in [0.2, 0.25) is 0 Å². The fourth-order valence-electron chi connectivity index (χ4n) is 6.52. The Hall–Kier alpha value is -0.300. The Balaban J connectivity index is 1.23. The minimum atomic E-state index is -0.0616. The van der Waals surface area contributed by atoms with Gasteiger partial charge in [-0.1, -0.05) is 50.7 Å². The van der Waals surface area contributed by atoms with Crippen LogP contribution < -0.4 is 0 Å². The van der Waals surface area contributed by atoms with Crippen molar-refractivity contribution in [2.45, 2.75) is 103 Å². The van der Waals surface area contributed by atoms with E-state index in [2.05, 4.69) is 13.0 Å². The SMILES string of the molecule is CC1CCC(C2=CCC(C3CCC(CC4CCC4)CC3)CC2)C(O)C1. The molecule has 0 heterocycles. The average Bonchev–Trinajstić information content (AvgIpc) is 2.59. The van der Waals surface area contributed by atoms with Crippen molar-refractivity contribution in [3.8, 4) is 0 Å². The van der Waals surface area contributed by atoms with Gasteiger partial charge in [0.15, 0.2) is 0 Å². The third kappa shape index (κ3) is 4.34. The van der Waals surface area contributed by atoms with Crippen LogP contribution in [0.15, 0.2) is 11.6 Å². The molecule has 4 atom stereocenters. The summed E-state index contributed by atoms with van der Waals surface area (Å²) in [7, 11) is 0. The van der Waals surface area contributed by atoms with Crippen LogP contribution >= 0.6 is 0 Å². The highest BCUT2D eigenvalue weighted by Crippen LogP contribution is 2.45. The van der Waals surface area contributed by atoms with Gasteiger partial charge < -0.3 is 5.11 Å². The van der Waals surface area contributed by atoms with Crippen LogP contribution in [0.3, 0.4) is 0 Å². The minimum Gasteiger partial charge on any atom is -0.392 e. The number of allylic oxidation sites excluding steroid dienone is 1. The van der Waals surface area contributed by atoms with Crippen LogP contribution in [0.4, 0.5) is 0 Å². The Labute approximate surface area is 155 Å². The van der Waals surface area contributed by atoms with Crippen molar-refractivity contribution in [3.63, 3.8) is 0 Å². The van der Waals surface area contributed by atoms with Gasteiger partial charge in [-0.05, 0) is 87.4 Å². The molecule has 4 aliphatic carbocycles. The minimum absolute atomic E-state index is 0.0616. The number of aliphatic hydroxyl groups excluding tert-OH is 1. The molecule has 3 saturated carbocycles. The van der Waals surface area contributed by atoms with E-state index >= 15 is 0 Å². The van der Waals surface area contributed by atoms with E-state index in [0.717, 1.165) is 36.0 Å². The fourth-order valence-corrected chi connectivity index (χ4v) is 6.52. The third-order valence-corrected chi connectivity index (χ3v) is 8.49. The molecule has 0 aliphatic heterocycles. The second-order valence-corrected chi connectivity index (χ2v) is 10.2. The van der Waals surface area contributed by atoms with Crippen molar-refractivity contribution in [2.75, 3.05) is 0 Å². The molecule has 0 bridgehead atoms. The maximum absolute atomic E-state index is 10.5. The van der Waals surface area contributed by atoms with Crippen LogP contribution in [-0.2, 0) is 0 Å². The molecule has 0 aromatic carbocycles. The Morgan fingerprint density at radius 3 is 2.24 bits per heavy atom. The predicted octanol–water partition coefficient (Wildman–Crippen LogP) is 6.51. The van der Waals surface area contributed by atoms with Gasteiger partial charge in [0.05, 0.1) is 6.10 Å². The molecule has 4 unspecified atom stereocenters. The lowest BCUT2D eigenvalue weighted by molar-refractivity contribution is 0.0616. The third-order valence-electron chi connectivity index (χ3n) is 8.49. The molecule has 1 heteroatoms. The molecule has 0 spiro atoms. The van der Waals surface area contributed by atoms with Crippen LogP contribution in [0.1, 0.15) is 96.8 Å². The monoisotopic (exact) mass is 344 g/mol. The zero-order chi connectivity index (χ0) is 17.2.